The van der Waals surface area contributed by atoms with Crippen LogP contribution in [0.2, 0.25) is 0 Å². The van der Waals surface area contributed by atoms with E-state index in [9.17, 15) is 9.59 Å². The van der Waals surface area contributed by atoms with Crippen molar-refractivity contribution >= 4 is 12.2 Å². The normalized spacial score (nSPS) is 10.4. The van der Waals surface area contributed by atoms with Crippen molar-refractivity contribution in [2.45, 2.75) is 13.3 Å². The first-order chi connectivity index (χ1) is 9.77. The van der Waals surface area contributed by atoms with E-state index in [4.69, 9.17) is 18.9 Å². The number of amides is 1. The quantitative estimate of drug-likeness (QED) is 0.313. The van der Waals surface area contributed by atoms with Gasteiger partial charge in [-0.2, -0.15) is 0 Å². The molecule has 0 atom stereocenters. The van der Waals surface area contributed by atoms with Gasteiger partial charge in [0.1, 0.15) is 5.78 Å². The van der Waals surface area contributed by atoms with Gasteiger partial charge in [0, 0.05) is 13.0 Å². The lowest BCUT2D eigenvalue weighted by Crippen LogP contribution is -2.19. The van der Waals surface area contributed by atoms with E-state index in [2.05, 4.69) is 5.32 Å². The standard InChI is InChI=1S/C13H25NO6/c1-13(16)2-4-17-6-8-19-10-11-20-9-7-18-5-3-14-12-15/h12H,2-11H2,1H3,(H,14,15). The van der Waals surface area contributed by atoms with E-state index in [-0.39, 0.29) is 5.78 Å². The van der Waals surface area contributed by atoms with Crippen LogP contribution in [0.5, 0.6) is 0 Å². The Kier molecular flexibility index (Phi) is 15.2. The first-order valence-corrected chi connectivity index (χ1v) is 6.75. The maximum atomic E-state index is 10.6. The third kappa shape index (κ3) is 17.0. The van der Waals surface area contributed by atoms with Crippen LogP contribution < -0.4 is 5.32 Å². The van der Waals surface area contributed by atoms with E-state index in [1.807, 2.05) is 0 Å². The van der Waals surface area contributed by atoms with Crippen LogP contribution in [-0.2, 0) is 28.5 Å². The summed E-state index contributed by atoms with van der Waals surface area (Å²) in [5, 5.41) is 2.50. The Balaban J connectivity index is 2.95. The molecule has 0 aliphatic carbocycles. The molecular weight excluding hydrogens is 266 g/mol. The molecule has 0 rings (SSSR count). The van der Waals surface area contributed by atoms with Crippen molar-refractivity contribution in [2.24, 2.45) is 0 Å². The third-order valence-corrected chi connectivity index (χ3v) is 2.19. The number of nitrogens with one attached hydrogen (secondary N) is 1. The number of carbonyl (C=O) groups is 2. The lowest BCUT2D eigenvalue weighted by atomic mass is 10.3. The fourth-order valence-corrected chi connectivity index (χ4v) is 1.17. The largest absolute Gasteiger partial charge is 0.379 e. The second-order valence-electron chi connectivity index (χ2n) is 3.97. The zero-order valence-electron chi connectivity index (χ0n) is 12.1. The molecule has 118 valence electrons. The smallest absolute Gasteiger partial charge is 0.207 e. The van der Waals surface area contributed by atoms with Crippen molar-refractivity contribution < 1.29 is 28.5 Å². The van der Waals surface area contributed by atoms with Gasteiger partial charge in [-0.15, -0.1) is 0 Å². The van der Waals surface area contributed by atoms with Gasteiger partial charge in [0.15, 0.2) is 0 Å². The summed E-state index contributed by atoms with van der Waals surface area (Å²) in [5.74, 6) is 0.128. The zero-order chi connectivity index (χ0) is 14.9. The van der Waals surface area contributed by atoms with Crippen molar-refractivity contribution in [2.75, 3.05) is 59.4 Å². The molecule has 0 aliphatic heterocycles. The Morgan fingerprint density at radius 3 is 1.75 bits per heavy atom. The summed E-state index contributed by atoms with van der Waals surface area (Å²) in [5.41, 5.74) is 0. The predicted octanol–water partition coefficient (Wildman–Crippen LogP) is -0.222. The lowest BCUT2D eigenvalue weighted by Gasteiger charge is -2.07. The van der Waals surface area contributed by atoms with Crippen LogP contribution in [0.4, 0.5) is 0 Å². The Morgan fingerprint density at radius 1 is 0.850 bits per heavy atom. The van der Waals surface area contributed by atoms with Gasteiger partial charge in [-0.25, -0.2) is 0 Å². The minimum Gasteiger partial charge on any atom is -0.379 e. The topological polar surface area (TPSA) is 83.1 Å². The summed E-state index contributed by atoms with van der Waals surface area (Å²) in [6.07, 6.45) is 1.09. The molecule has 1 N–H and O–H groups in total. The number of ketones is 1. The Hall–Kier alpha value is -1.02. The van der Waals surface area contributed by atoms with Gasteiger partial charge in [-0.05, 0) is 6.92 Å². The average Bonchev–Trinajstić information content (AvgIpc) is 2.43. The molecule has 0 aliphatic rings. The molecule has 7 heteroatoms. The van der Waals surface area contributed by atoms with Crippen molar-refractivity contribution in [3.05, 3.63) is 0 Å². The molecule has 0 saturated heterocycles. The summed E-state index contributed by atoms with van der Waals surface area (Å²) in [4.78, 5) is 20.5. The van der Waals surface area contributed by atoms with Crippen LogP contribution in [-0.4, -0.2) is 71.6 Å². The number of Topliss-reactive ketones (excluding diaryl/α,β-unsaturated/α-hetero) is 1. The molecule has 0 unspecified atom stereocenters. The second kappa shape index (κ2) is 16.0. The first kappa shape index (κ1) is 19.0. The van der Waals surface area contributed by atoms with Crippen LogP contribution in [0.25, 0.3) is 0 Å². The fraction of sp³-hybridized carbons (Fsp3) is 0.846. The molecule has 0 aromatic carbocycles. The van der Waals surface area contributed by atoms with E-state index in [1.165, 1.54) is 0 Å². The molecule has 0 saturated carbocycles. The predicted molar refractivity (Wildman–Crippen MR) is 72.6 cm³/mol. The maximum absolute atomic E-state index is 10.6. The van der Waals surface area contributed by atoms with Crippen LogP contribution in [0.1, 0.15) is 13.3 Å². The zero-order valence-corrected chi connectivity index (χ0v) is 12.1. The van der Waals surface area contributed by atoms with E-state index < -0.39 is 0 Å². The van der Waals surface area contributed by atoms with Crippen LogP contribution >= 0.6 is 0 Å². The van der Waals surface area contributed by atoms with Crippen LogP contribution in [0.3, 0.4) is 0 Å². The summed E-state index contributed by atoms with van der Waals surface area (Å²) in [6, 6.07) is 0. The maximum Gasteiger partial charge on any atom is 0.207 e. The summed E-state index contributed by atoms with van der Waals surface area (Å²) in [6.45, 7) is 5.97. The molecule has 0 spiro atoms. The number of ether oxygens (including phenoxy) is 4. The highest BCUT2D eigenvalue weighted by Gasteiger charge is 1.94. The van der Waals surface area contributed by atoms with Crippen molar-refractivity contribution in [3.8, 4) is 0 Å². The number of hydrogen-bond acceptors (Lipinski definition) is 6. The Labute approximate surface area is 119 Å². The molecule has 1 amide bonds. The van der Waals surface area contributed by atoms with E-state index >= 15 is 0 Å². The van der Waals surface area contributed by atoms with Gasteiger partial charge in [0.25, 0.3) is 0 Å². The van der Waals surface area contributed by atoms with E-state index in [1.54, 1.807) is 6.92 Å². The highest BCUT2D eigenvalue weighted by molar-refractivity contribution is 5.75. The number of carbonyl (C=O) groups excluding carboxylic acids is 2. The minimum atomic E-state index is 0.128. The van der Waals surface area contributed by atoms with Gasteiger partial charge in [-0.1, -0.05) is 0 Å². The molecular formula is C13H25NO6. The first-order valence-electron chi connectivity index (χ1n) is 6.75. The van der Waals surface area contributed by atoms with Gasteiger partial charge in [-0.3, -0.25) is 9.59 Å². The minimum absolute atomic E-state index is 0.128. The van der Waals surface area contributed by atoms with Crippen molar-refractivity contribution in [1.29, 1.82) is 0 Å². The molecule has 0 fully saturated rings. The summed E-state index contributed by atoms with van der Waals surface area (Å²) < 4.78 is 20.9. The SMILES string of the molecule is CC(=O)CCOCCOCCOCCOCCNC=O. The number of hydrogen-bond donors (Lipinski definition) is 1. The third-order valence-electron chi connectivity index (χ3n) is 2.19. The Bertz CT molecular complexity index is 237. The van der Waals surface area contributed by atoms with Crippen molar-refractivity contribution in [1.82, 2.24) is 5.32 Å². The van der Waals surface area contributed by atoms with Gasteiger partial charge < -0.3 is 24.3 Å². The van der Waals surface area contributed by atoms with Crippen LogP contribution in [0.15, 0.2) is 0 Å². The summed E-state index contributed by atoms with van der Waals surface area (Å²) >= 11 is 0. The Morgan fingerprint density at radius 2 is 1.30 bits per heavy atom. The summed E-state index contributed by atoms with van der Waals surface area (Å²) in [7, 11) is 0. The van der Waals surface area contributed by atoms with Gasteiger partial charge in [0.2, 0.25) is 6.41 Å². The molecule has 0 aromatic heterocycles. The molecule has 0 radical (unpaired) electrons. The molecule has 20 heavy (non-hydrogen) atoms. The molecule has 7 nitrogen and oxygen atoms in total. The van der Waals surface area contributed by atoms with Gasteiger partial charge >= 0.3 is 0 Å². The molecule has 0 heterocycles. The lowest BCUT2D eigenvalue weighted by molar-refractivity contribution is -0.118. The highest BCUT2D eigenvalue weighted by atomic mass is 16.6. The fourth-order valence-electron chi connectivity index (χ4n) is 1.17. The number of rotatable bonds is 16. The highest BCUT2D eigenvalue weighted by Crippen LogP contribution is 1.86. The monoisotopic (exact) mass is 291 g/mol. The van der Waals surface area contributed by atoms with Crippen molar-refractivity contribution in [3.63, 3.8) is 0 Å². The molecule has 0 bridgehead atoms. The van der Waals surface area contributed by atoms with E-state index in [0.717, 1.165) is 0 Å². The average molecular weight is 291 g/mol. The van der Waals surface area contributed by atoms with Gasteiger partial charge in [0.05, 0.1) is 52.9 Å². The second-order valence-corrected chi connectivity index (χ2v) is 3.97. The van der Waals surface area contributed by atoms with E-state index in [0.29, 0.717) is 72.2 Å². The van der Waals surface area contributed by atoms with Crippen LogP contribution in [0, 0.1) is 0 Å². The molecule has 0 aromatic rings.